The molecular formula is C21H24BrN3O4S. The molecule has 0 aliphatic rings. The summed E-state index contributed by atoms with van der Waals surface area (Å²) in [5, 5.41) is 13.5. The molecule has 1 N–H and O–H groups in total. The van der Waals surface area contributed by atoms with E-state index in [1.807, 2.05) is 31.2 Å². The number of likely N-dealkylation sites (N-methyl/N-ethyl adjacent to an activating group) is 1. The molecule has 9 heteroatoms. The maximum atomic E-state index is 12.9. The fourth-order valence-corrected chi connectivity index (χ4v) is 3.88. The van der Waals surface area contributed by atoms with Gasteiger partial charge in [-0.25, -0.2) is 0 Å². The molecule has 0 aliphatic heterocycles. The number of hydrogen-bond acceptors (Lipinski definition) is 5. The van der Waals surface area contributed by atoms with Crippen LogP contribution in [0.15, 0.2) is 53.0 Å². The zero-order chi connectivity index (χ0) is 22.1. The second-order valence-corrected chi connectivity index (χ2v) is 8.54. The van der Waals surface area contributed by atoms with Gasteiger partial charge in [-0.2, -0.15) is 0 Å². The topological polar surface area (TPSA) is 92.6 Å². The first-order chi connectivity index (χ1) is 14.3. The molecule has 2 aromatic carbocycles. The van der Waals surface area contributed by atoms with Gasteiger partial charge in [0.25, 0.3) is 5.69 Å². The van der Waals surface area contributed by atoms with Gasteiger partial charge in [0.15, 0.2) is 0 Å². The Morgan fingerprint density at radius 3 is 2.30 bits per heavy atom. The molecule has 7 nitrogen and oxygen atoms in total. The number of nitro groups is 1. The lowest BCUT2D eigenvalue weighted by Gasteiger charge is -2.28. The van der Waals surface area contributed by atoms with Crippen molar-refractivity contribution in [3.63, 3.8) is 0 Å². The van der Waals surface area contributed by atoms with E-state index in [0.29, 0.717) is 18.8 Å². The number of carbonyl (C=O) groups is 2. The summed E-state index contributed by atoms with van der Waals surface area (Å²) in [6, 6.07) is 13.3. The van der Waals surface area contributed by atoms with Crippen LogP contribution in [0.4, 0.5) is 5.69 Å². The first-order valence-corrected chi connectivity index (χ1v) is 11.4. The van der Waals surface area contributed by atoms with E-state index in [-0.39, 0.29) is 23.3 Å². The average molecular weight is 494 g/mol. The minimum absolute atomic E-state index is 0.0382. The largest absolute Gasteiger partial charge is 0.355 e. The van der Waals surface area contributed by atoms with Crippen molar-refractivity contribution in [2.75, 3.05) is 12.3 Å². The summed E-state index contributed by atoms with van der Waals surface area (Å²) in [6.45, 7) is 4.40. The van der Waals surface area contributed by atoms with Crippen LogP contribution in [0.2, 0.25) is 0 Å². The van der Waals surface area contributed by atoms with Gasteiger partial charge in [0.1, 0.15) is 6.04 Å². The Balaban J connectivity index is 2.02. The lowest BCUT2D eigenvalue weighted by molar-refractivity contribution is -0.384. The van der Waals surface area contributed by atoms with Crippen LogP contribution in [-0.4, -0.2) is 40.0 Å². The molecule has 2 amide bonds. The number of nitro benzene ring substituents is 1. The summed E-state index contributed by atoms with van der Waals surface area (Å²) in [4.78, 5) is 37.1. The third-order valence-corrected chi connectivity index (χ3v) is 5.94. The molecule has 0 aliphatic carbocycles. The second-order valence-electron chi connectivity index (χ2n) is 6.64. The smallest absolute Gasteiger partial charge is 0.269 e. The zero-order valence-corrected chi connectivity index (χ0v) is 19.2. The van der Waals surface area contributed by atoms with E-state index < -0.39 is 11.0 Å². The van der Waals surface area contributed by atoms with Crippen LogP contribution in [0.5, 0.6) is 0 Å². The number of halogens is 1. The van der Waals surface area contributed by atoms with Gasteiger partial charge in [-0.1, -0.05) is 40.2 Å². The number of rotatable bonds is 10. The Labute approximate surface area is 188 Å². The van der Waals surface area contributed by atoms with Crippen LogP contribution in [0.25, 0.3) is 0 Å². The fraction of sp³-hybridized carbons (Fsp3) is 0.333. The predicted octanol–water partition coefficient (Wildman–Crippen LogP) is 4.14. The van der Waals surface area contributed by atoms with Crippen molar-refractivity contribution >= 4 is 45.2 Å². The highest BCUT2D eigenvalue weighted by molar-refractivity contribution is 9.10. The summed E-state index contributed by atoms with van der Waals surface area (Å²) in [5.41, 5.74) is 1.87. The van der Waals surface area contributed by atoms with Crippen molar-refractivity contribution in [2.45, 2.75) is 32.2 Å². The zero-order valence-electron chi connectivity index (χ0n) is 16.8. The molecule has 30 heavy (non-hydrogen) atoms. The SMILES string of the molecule is CCNC(=O)[C@@H](C)N(Cc1ccc(Br)cc1)C(=O)CSCc1ccc([N+](=O)[O-])cc1. The Morgan fingerprint density at radius 1 is 1.13 bits per heavy atom. The van der Waals surface area contributed by atoms with E-state index in [0.717, 1.165) is 15.6 Å². The lowest BCUT2D eigenvalue weighted by Crippen LogP contribution is -2.48. The molecule has 0 bridgehead atoms. The van der Waals surface area contributed by atoms with Crippen LogP contribution in [0, 0.1) is 10.1 Å². The van der Waals surface area contributed by atoms with Crippen molar-refractivity contribution in [1.82, 2.24) is 10.2 Å². The molecule has 2 aromatic rings. The first kappa shape index (κ1) is 23.9. The number of non-ortho nitro benzene ring substituents is 1. The van der Waals surface area contributed by atoms with Crippen LogP contribution in [0.1, 0.15) is 25.0 Å². The Hall–Kier alpha value is -2.39. The summed E-state index contributed by atoms with van der Waals surface area (Å²) >= 11 is 4.81. The van der Waals surface area contributed by atoms with E-state index in [9.17, 15) is 19.7 Å². The third-order valence-electron chi connectivity index (χ3n) is 4.43. The first-order valence-electron chi connectivity index (χ1n) is 9.44. The van der Waals surface area contributed by atoms with Crippen molar-refractivity contribution in [3.05, 3.63) is 74.2 Å². The summed E-state index contributed by atoms with van der Waals surface area (Å²) in [5.74, 6) is 0.426. The molecule has 0 saturated carbocycles. The summed E-state index contributed by atoms with van der Waals surface area (Å²) < 4.78 is 0.944. The fourth-order valence-electron chi connectivity index (χ4n) is 2.74. The number of nitrogens with one attached hydrogen (secondary N) is 1. The maximum Gasteiger partial charge on any atom is 0.269 e. The van der Waals surface area contributed by atoms with Crippen LogP contribution < -0.4 is 5.32 Å². The van der Waals surface area contributed by atoms with Gasteiger partial charge in [-0.15, -0.1) is 11.8 Å². The number of thioether (sulfide) groups is 1. The summed E-state index contributed by atoms with van der Waals surface area (Å²) in [6.07, 6.45) is 0. The van der Waals surface area contributed by atoms with Crippen LogP contribution in [0.3, 0.4) is 0 Å². The highest BCUT2D eigenvalue weighted by Gasteiger charge is 2.25. The third kappa shape index (κ3) is 7.14. The monoisotopic (exact) mass is 493 g/mol. The van der Waals surface area contributed by atoms with Crippen LogP contribution >= 0.6 is 27.7 Å². The van der Waals surface area contributed by atoms with Crippen molar-refractivity contribution in [3.8, 4) is 0 Å². The van der Waals surface area contributed by atoms with E-state index in [1.165, 1.54) is 23.9 Å². The molecule has 160 valence electrons. The highest BCUT2D eigenvalue weighted by Crippen LogP contribution is 2.19. The minimum Gasteiger partial charge on any atom is -0.355 e. The quantitative estimate of drug-likeness (QED) is 0.396. The van der Waals surface area contributed by atoms with Crippen molar-refractivity contribution in [2.24, 2.45) is 0 Å². The van der Waals surface area contributed by atoms with Gasteiger partial charge >= 0.3 is 0 Å². The number of benzene rings is 2. The molecule has 0 fully saturated rings. The number of nitrogens with zero attached hydrogens (tertiary/aromatic N) is 2. The lowest BCUT2D eigenvalue weighted by atomic mass is 10.1. The molecule has 0 unspecified atom stereocenters. The molecule has 0 radical (unpaired) electrons. The number of carbonyl (C=O) groups excluding carboxylic acids is 2. The van der Waals surface area contributed by atoms with Gasteiger partial charge in [-0.05, 0) is 37.1 Å². The molecule has 0 saturated heterocycles. The van der Waals surface area contributed by atoms with Crippen molar-refractivity contribution < 1.29 is 14.5 Å². The Bertz CT molecular complexity index is 875. The van der Waals surface area contributed by atoms with Gasteiger partial charge in [-0.3, -0.25) is 19.7 Å². The predicted molar refractivity (Wildman–Crippen MR) is 122 cm³/mol. The molecule has 2 rings (SSSR count). The normalized spacial score (nSPS) is 11.6. The maximum absolute atomic E-state index is 12.9. The number of amides is 2. The minimum atomic E-state index is -0.596. The molecule has 0 heterocycles. The van der Waals surface area contributed by atoms with Gasteiger partial charge in [0, 0.05) is 35.4 Å². The molecule has 0 aromatic heterocycles. The molecule has 0 spiro atoms. The molecular weight excluding hydrogens is 470 g/mol. The van der Waals surface area contributed by atoms with E-state index in [2.05, 4.69) is 21.2 Å². The second kappa shape index (κ2) is 11.7. The highest BCUT2D eigenvalue weighted by atomic mass is 79.9. The van der Waals surface area contributed by atoms with E-state index >= 15 is 0 Å². The van der Waals surface area contributed by atoms with Crippen molar-refractivity contribution in [1.29, 1.82) is 0 Å². The van der Waals surface area contributed by atoms with E-state index in [1.54, 1.807) is 24.0 Å². The van der Waals surface area contributed by atoms with Gasteiger partial charge in [0.05, 0.1) is 10.7 Å². The van der Waals surface area contributed by atoms with E-state index in [4.69, 9.17) is 0 Å². The van der Waals surface area contributed by atoms with Gasteiger partial charge in [0.2, 0.25) is 11.8 Å². The molecule has 1 atom stereocenters. The van der Waals surface area contributed by atoms with Crippen LogP contribution in [-0.2, 0) is 21.9 Å². The Morgan fingerprint density at radius 2 is 1.73 bits per heavy atom. The number of hydrogen-bond donors (Lipinski definition) is 1. The average Bonchev–Trinajstić information content (AvgIpc) is 2.73. The standard InChI is InChI=1S/C21H24BrN3O4S/c1-3-23-21(27)15(2)24(12-16-4-8-18(22)9-5-16)20(26)14-30-13-17-6-10-19(11-7-17)25(28)29/h4-11,15H,3,12-14H2,1-2H3,(H,23,27)/t15-/m1/s1. The van der Waals surface area contributed by atoms with Gasteiger partial charge < -0.3 is 10.2 Å². The summed E-state index contributed by atoms with van der Waals surface area (Å²) in [7, 11) is 0. The Kier molecular flexibility index (Phi) is 9.32.